The number of nitrogens with one attached hydrogen (secondary N) is 1. The predicted octanol–water partition coefficient (Wildman–Crippen LogP) is 0.562. The molecule has 0 radical (unpaired) electrons. The van der Waals surface area contributed by atoms with Gasteiger partial charge in [-0.3, -0.25) is 10.1 Å². The van der Waals surface area contributed by atoms with Crippen molar-refractivity contribution in [1.82, 2.24) is 5.32 Å². The molecule has 4 nitrogen and oxygen atoms in total. The summed E-state index contributed by atoms with van der Waals surface area (Å²) in [7, 11) is 1.38. The molecule has 0 aliphatic heterocycles. The number of rotatable bonds is 6. The van der Waals surface area contributed by atoms with Gasteiger partial charge in [0.2, 0.25) is 0 Å². The summed E-state index contributed by atoms with van der Waals surface area (Å²) in [4.78, 5) is 11.0. The van der Waals surface area contributed by atoms with Gasteiger partial charge in [-0.25, -0.2) is 0 Å². The molecule has 78 valence electrons. The lowest BCUT2D eigenvalue weighted by Crippen LogP contribution is -2.42. The highest BCUT2D eigenvalue weighted by atomic mass is 16.5. The highest BCUT2D eigenvalue weighted by Gasteiger charge is 2.14. The van der Waals surface area contributed by atoms with Crippen molar-refractivity contribution in [2.75, 3.05) is 20.3 Å². The first-order valence-corrected chi connectivity index (χ1v) is 4.53. The zero-order valence-corrected chi connectivity index (χ0v) is 8.79. The zero-order valence-electron chi connectivity index (χ0n) is 8.79. The fourth-order valence-electron chi connectivity index (χ4n) is 1.01. The van der Waals surface area contributed by atoms with Gasteiger partial charge >= 0.3 is 5.97 Å². The van der Waals surface area contributed by atoms with Crippen LogP contribution in [-0.2, 0) is 14.3 Å². The lowest BCUT2D eigenvalue weighted by Gasteiger charge is -2.17. The molecule has 0 fully saturated rings. The van der Waals surface area contributed by atoms with E-state index in [1.165, 1.54) is 7.11 Å². The van der Waals surface area contributed by atoms with Crippen LogP contribution < -0.4 is 5.32 Å². The van der Waals surface area contributed by atoms with Gasteiger partial charge in [-0.15, -0.1) is 0 Å². The van der Waals surface area contributed by atoms with Crippen LogP contribution >= 0.6 is 0 Å². The minimum Gasteiger partial charge on any atom is -0.468 e. The topological polar surface area (TPSA) is 47.6 Å². The first-order valence-electron chi connectivity index (χ1n) is 4.53. The van der Waals surface area contributed by atoms with E-state index in [1.807, 2.05) is 13.8 Å². The smallest absolute Gasteiger partial charge is 0.322 e. The van der Waals surface area contributed by atoms with E-state index in [4.69, 9.17) is 4.74 Å². The standard InChI is InChI=1S/C9H19NO3/c1-5-13-6-7(2)10-8(3)9(11)12-4/h7-8,10H,5-6H2,1-4H3. The van der Waals surface area contributed by atoms with Gasteiger partial charge in [-0.2, -0.15) is 0 Å². The fraction of sp³-hybridized carbons (Fsp3) is 0.889. The van der Waals surface area contributed by atoms with Crippen LogP contribution in [0.25, 0.3) is 0 Å². The van der Waals surface area contributed by atoms with Crippen molar-refractivity contribution in [2.24, 2.45) is 0 Å². The number of carbonyl (C=O) groups is 1. The minimum atomic E-state index is -0.277. The van der Waals surface area contributed by atoms with Gasteiger partial charge in [0.15, 0.2) is 0 Å². The molecule has 2 atom stereocenters. The third kappa shape index (κ3) is 5.60. The average molecular weight is 189 g/mol. The van der Waals surface area contributed by atoms with Gasteiger partial charge in [-0.1, -0.05) is 0 Å². The van der Waals surface area contributed by atoms with Gasteiger partial charge in [0.25, 0.3) is 0 Å². The van der Waals surface area contributed by atoms with Crippen LogP contribution in [0.3, 0.4) is 0 Å². The number of ether oxygens (including phenoxy) is 2. The molecule has 0 saturated carbocycles. The van der Waals surface area contributed by atoms with Crippen molar-refractivity contribution in [3.63, 3.8) is 0 Å². The number of esters is 1. The number of carbonyl (C=O) groups excluding carboxylic acids is 1. The van der Waals surface area contributed by atoms with Crippen molar-refractivity contribution in [3.05, 3.63) is 0 Å². The maximum absolute atomic E-state index is 11.0. The second-order valence-corrected chi connectivity index (χ2v) is 2.97. The van der Waals surface area contributed by atoms with Crippen molar-refractivity contribution < 1.29 is 14.3 Å². The zero-order chi connectivity index (χ0) is 10.3. The Balaban J connectivity index is 3.64. The van der Waals surface area contributed by atoms with E-state index >= 15 is 0 Å². The third-order valence-corrected chi connectivity index (χ3v) is 1.66. The second kappa shape index (κ2) is 6.86. The number of hydrogen-bond acceptors (Lipinski definition) is 4. The number of hydrogen-bond donors (Lipinski definition) is 1. The third-order valence-electron chi connectivity index (χ3n) is 1.66. The first-order chi connectivity index (χ1) is 6.11. The lowest BCUT2D eigenvalue weighted by molar-refractivity contribution is -0.142. The largest absolute Gasteiger partial charge is 0.468 e. The molecule has 0 spiro atoms. The molecular formula is C9H19NO3. The molecule has 0 bridgehead atoms. The summed E-state index contributed by atoms with van der Waals surface area (Å²) in [6.45, 7) is 6.98. The summed E-state index contributed by atoms with van der Waals surface area (Å²) in [5.74, 6) is -0.247. The summed E-state index contributed by atoms with van der Waals surface area (Å²) in [6, 6.07) is -0.116. The van der Waals surface area contributed by atoms with Crippen LogP contribution in [0.4, 0.5) is 0 Å². The molecule has 0 aromatic heterocycles. The van der Waals surface area contributed by atoms with E-state index in [1.54, 1.807) is 6.92 Å². The normalized spacial score (nSPS) is 15.1. The molecule has 4 heteroatoms. The Hall–Kier alpha value is -0.610. The quantitative estimate of drug-likeness (QED) is 0.620. The molecule has 0 saturated heterocycles. The average Bonchev–Trinajstić information content (AvgIpc) is 2.13. The van der Waals surface area contributed by atoms with Crippen LogP contribution in [0.15, 0.2) is 0 Å². The summed E-state index contributed by atoms with van der Waals surface area (Å²) >= 11 is 0. The summed E-state index contributed by atoms with van der Waals surface area (Å²) in [5.41, 5.74) is 0. The van der Waals surface area contributed by atoms with Gasteiger partial charge < -0.3 is 9.47 Å². The van der Waals surface area contributed by atoms with E-state index in [0.717, 1.165) is 0 Å². The molecular weight excluding hydrogens is 170 g/mol. The van der Waals surface area contributed by atoms with Gasteiger partial charge in [-0.05, 0) is 20.8 Å². The van der Waals surface area contributed by atoms with Crippen molar-refractivity contribution in [1.29, 1.82) is 0 Å². The van der Waals surface area contributed by atoms with Crippen LogP contribution in [0.1, 0.15) is 20.8 Å². The fourth-order valence-corrected chi connectivity index (χ4v) is 1.01. The molecule has 0 aromatic carbocycles. The Kier molecular flexibility index (Phi) is 6.54. The molecule has 13 heavy (non-hydrogen) atoms. The molecule has 1 N–H and O–H groups in total. The monoisotopic (exact) mass is 189 g/mol. The van der Waals surface area contributed by atoms with E-state index in [-0.39, 0.29) is 18.1 Å². The Bertz CT molecular complexity index is 150. The molecule has 0 aromatic rings. The summed E-state index contributed by atoms with van der Waals surface area (Å²) < 4.78 is 9.77. The maximum Gasteiger partial charge on any atom is 0.322 e. The van der Waals surface area contributed by atoms with Crippen molar-refractivity contribution in [3.8, 4) is 0 Å². The highest BCUT2D eigenvalue weighted by molar-refractivity contribution is 5.75. The van der Waals surface area contributed by atoms with Gasteiger partial charge in [0, 0.05) is 12.6 Å². The molecule has 0 aliphatic carbocycles. The maximum atomic E-state index is 11.0. The number of methoxy groups -OCH3 is 1. The van der Waals surface area contributed by atoms with Gasteiger partial charge in [0.05, 0.1) is 13.7 Å². The molecule has 0 aliphatic rings. The van der Waals surface area contributed by atoms with Crippen LogP contribution in [0.2, 0.25) is 0 Å². The Labute approximate surface area is 79.6 Å². The highest BCUT2D eigenvalue weighted by Crippen LogP contribution is 1.91. The van der Waals surface area contributed by atoms with Crippen LogP contribution in [-0.4, -0.2) is 38.4 Å². The van der Waals surface area contributed by atoms with E-state index in [2.05, 4.69) is 10.1 Å². The van der Waals surface area contributed by atoms with Crippen LogP contribution in [0, 0.1) is 0 Å². The van der Waals surface area contributed by atoms with E-state index < -0.39 is 0 Å². The second-order valence-electron chi connectivity index (χ2n) is 2.97. The van der Waals surface area contributed by atoms with Crippen molar-refractivity contribution in [2.45, 2.75) is 32.9 Å². The Morgan fingerprint density at radius 1 is 1.46 bits per heavy atom. The molecule has 2 unspecified atom stereocenters. The van der Waals surface area contributed by atoms with Gasteiger partial charge in [0.1, 0.15) is 6.04 Å². The Morgan fingerprint density at radius 3 is 2.54 bits per heavy atom. The van der Waals surface area contributed by atoms with E-state index in [9.17, 15) is 4.79 Å². The Morgan fingerprint density at radius 2 is 2.08 bits per heavy atom. The first kappa shape index (κ1) is 12.4. The summed E-state index contributed by atoms with van der Waals surface area (Å²) in [6.07, 6.45) is 0. The van der Waals surface area contributed by atoms with Crippen molar-refractivity contribution >= 4 is 5.97 Å². The molecule has 0 amide bonds. The lowest BCUT2D eigenvalue weighted by atomic mass is 10.3. The predicted molar refractivity (Wildman–Crippen MR) is 50.6 cm³/mol. The SMILES string of the molecule is CCOCC(C)NC(C)C(=O)OC. The molecule has 0 rings (SSSR count). The van der Waals surface area contributed by atoms with Crippen LogP contribution in [0.5, 0.6) is 0 Å². The van der Waals surface area contributed by atoms with E-state index in [0.29, 0.717) is 13.2 Å². The molecule has 0 heterocycles. The summed E-state index contributed by atoms with van der Waals surface area (Å²) in [5, 5.41) is 3.07. The minimum absolute atomic E-state index is 0.161.